The first-order chi connectivity index (χ1) is 12.7. The maximum atomic E-state index is 5.84. The van der Waals surface area contributed by atoms with Crippen molar-refractivity contribution in [3.8, 4) is 5.88 Å². The Morgan fingerprint density at radius 1 is 1.31 bits per heavy atom. The Hall–Kier alpha value is -2.81. The van der Waals surface area contributed by atoms with E-state index in [1.54, 1.807) is 6.07 Å². The third-order valence-electron chi connectivity index (χ3n) is 4.14. The number of hydrogen-bond acceptors (Lipinski definition) is 9. The molecule has 1 aliphatic carbocycles. The highest BCUT2D eigenvalue weighted by Crippen LogP contribution is 2.46. The van der Waals surface area contributed by atoms with Crippen molar-refractivity contribution in [1.29, 1.82) is 0 Å². The van der Waals surface area contributed by atoms with Crippen molar-refractivity contribution in [3.63, 3.8) is 0 Å². The fourth-order valence-electron chi connectivity index (χ4n) is 2.76. The highest BCUT2D eigenvalue weighted by Gasteiger charge is 2.39. The minimum Gasteiger partial charge on any atom is -0.477 e. The van der Waals surface area contributed by atoms with Gasteiger partial charge in [-0.1, -0.05) is 17.4 Å². The summed E-state index contributed by atoms with van der Waals surface area (Å²) < 4.78 is 5.84. The van der Waals surface area contributed by atoms with E-state index < -0.39 is 0 Å². The number of nitrogens with two attached hydrogens (primary N) is 1. The molecule has 0 radical (unpaired) electrons. The summed E-state index contributed by atoms with van der Waals surface area (Å²) in [5, 5.41) is 13.1. The molecule has 3 heterocycles. The Bertz CT molecular complexity index is 886. The smallest absolute Gasteiger partial charge is 0.225 e. The lowest BCUT2D eigenvalue weighted by Gasteiger charge is -2.08. The molecule has 0 spiro atoms. The van der Waals surface area contributed by atoms with Crippen LogP contribution in [0.3, 0.4) is 0 Å². The summed E-state index contributed by atoms with van der Waals surface area (Å²) in [4.78, 5) is 12.7. The molecule has 0 aromatic carbocycles. The maximum absolute atomic E-state index is 5.84. The van der Waals surface area contributed by atoms with Crippen LogP contribution in [0.4, 0.5) is 11.8 Å². The van der Waals surface area contributed by atoms with E-state index in [4.69, 9.17) is 10.5 Å². The zero-order valence-corrected chi connectivity index (χ0v) is 15.1. The van der Waals surface area contributed by atoms with Gasteiger partial charge in [0, 0.05) is 29.8 Å². The van der Waals surface area contributed by atoms with Gasteiger partial charge in [0.05, 0.1) is 13.2 Å². The van der Waals surface area contributed by atoms with Gasteiger partial charge >= 0.3 is 0 Å². The van der Waals surface area contributed by atoms with Crippen LogP contribution in [0.5, 0.6) is 5.88 Å². The zero-order valence-electron chi connectivity index (χ0n) is 14.3. The van der Waals surface area contributed by atoms with Crippen LogP contribution in [0, 0.1) is 12.8 Å². The van der Waals surface area contributed by atoms with Gasteiger partial charge in [-0.3, -0.25) is 4.98 Å². The lowest BCUT2D eigenvalue weighted by molar-refractivity contribution is 0.285. The van der Waals surface area contributed by atoms with Crippen molar-refractivity contribution in [3.05, 3.63) is 46.2 Å². The minimum absolute atomic E-state index is 0.176. The second-order valence-corrected chi connectivity index (χ2v) is 7.45. The molecular formula is C17H19N7OS. The van der Waals surface area contributed by atoms with Gasteiger partial charge in [0.25, 0.3) is 0 Å². The molecule has 4 rings (SSSR count). The predicted octanol–water partition coefficient (Wildman–Crippen LogP) is 2.41. The average molecular weight is 369 g/mol. The van der Waals surface area contributed by atoms with Gasteiger partial charge in [-0.2, -0.15) is 9.97 Å². The quantitative estimate of drug-likeness (QED) is 0.653. The number of aromatic nitrogens is 5. The molecule has 1 aliphatic rings. The highest BCUT2D eigenvalue weighted by atomic mass is 32.1. The Balaban J connectivity index is 1.33. The summed E-state index contributed by atoms with van der Waals surface area (Å²) >= 11 is 1.54. The Kier molecular flexibility index (Phi) is 4.61. The number of ether oxygens (including phenoxy) is 1. The Morgan fingerprint density at radius 2 is 2.23 bits per heavy atom. The fourth-order valence-corrected chi connectivity index (χ4v) is 3.41. The number of hydrogen-bond donors (Lipinski definition) is 2. The molecule has 2 atom stereocenters. The van der Waals surface area contributed by atoms with Gasteiger partial charge in [-0.15, -0.1) is 10.2 Å². The minimum atomic E-state index is 0.176. The van der Waals surface area contributed by atoms with Crippen molar-refractivity contribution in [2.45, 2.75) is 25.8 Å². The SMILES string of the molecule is Cc1nnc(CNc2cc(OCC3CC3c3ccccn3)nc(N)n2)s1. The van der Waals surface area contributed by atoms with Crippen LogP contribution >= 0.6 is 11.3 Å². The topological polar surface area (TPSA) is 112 Å². The summed E-state index contributed by atoms with van der Waals surface area (Å²) in [6, 6.07) is 7.76. The summed E-state index contributed by atoms with van der Waals surface area (Å²) in [6.07, 6.45) is 2.91. The second kappa shape index (κ2) is 7.20. The van der Waals surface area contributed by atoms with Crippen LogP contribution in [0.25, 0.3) is 0 Å². The molecule has 26 heavy (non-hydrogen) atoms. The molecule has 8 nitrogen and oxygen atoms in total. The maximum Gasteiger partial charge on any atom is 0.225 e. The summed E-state index contributed by atoms with van der Waals surface area (Å²) in [5.74, 6) is 2.18. The highest BCUT2D eigenvalue weighted by molar-refractivity contribution is 7.11. The molecule has 0 amide bonds. The molecule has 2 unspecified atom stereocenters. The summed E-state index contributed by atoms with van der Waals surface area (Å²) in [6.45, 7) is 3.05. The van der Waals surface area contributed by atoms with Crippen molar-refractivity contribution in [2.75, 3.05) is 17.7 Å². The molecular weight excluding hydrogens is 350 g/mol. The number of nitrogen functional groups attached to an aromatic ring is 1. The molecule has 0 saturated heterocycles. The van der Waals surface area contributed by atoms with E-state index in [9.17, 15) is 0 Å². The van der Waals surface area contributed by atoms with E-state index >= 15 is 0 Å². The number of anilines is 2. The normalized spacial score (nSPS) is 18.5. The first-order valence-corrected chi connectivity index (χ1v) is 9.20. The van der Waals surface area contributed by atoms with Gasteiger partial charge in [0.15, 0.2) is 0 Å². The van der Waals surface area contributed by atoms with Crippen LogP contribution in [0.1, 0.15) is 28.0 Å². The molecule has 3 aromatic rings. The van der Waals surface area contributed by atoms with Gasteiger partial charge in [-0.25, -0.2) is 0 Å². The van der Waals surface area contributed by atoms with E-state index in [0.717, 1.165) is 22.1 Å². The standard InChI is InChI=1S/C17H19N7OS/c1-10-23-24-16(26-10)8-20-14-7-15(22-17(18)21-14)25-9-11-6-12(11)13-4-2-3-5-19-13/h2-5,7,11-12H,6,8-9H2,1H3,(H3,18,20,21,22). The third-order valence-corrected chi connectivity index (χ3v) is 4.98. The van der Waals surface area contributed by atoms with Crippen LogP contribution in [0.2, 0.25) is 0 Å². The molecule has 0 bridgehead atoms. The van der Waals surface area contributed by atoms with Crippen molar-refractivity contribution >= 4 is 23.1 Å². The summed E-state index contributed by atoms with van der Waals surface area (Å²) in [5.41, 5.74) is 6.92. The van der Waals surface area contributed by atoms with E-state index in [-0.39, 0.29) is 5.95 Å². The second-order valence-electron chi connectivity index (χ2n) is 6.19. The molecule has 3 aromatic heterocycles. The van der Waals surface area contributed by atoms with Crippen LogP contribution in [-0.4, -0.2) is 31.8 Å². The Labute approximate surface area is 154 Å². The molecule has 9 heteroatoms. The van der Waals surface area contributed by atoms with E-state index in [1.165, 1.54) is 11.3 Å². The first kappa shape index (κ1) is 16.6. The zero-order chi connectivity index (χ0) is 17.9. The lowest BCUT2D eigenvalue weighted by atomic mass is 10.2. The summed E-state index contributed by atoms with van der Waals surface area (Å²) in [7, 11) is 0. The monoisotopic (exact) mass is 369 g/mol. The lowest BCUT2D eigenvalue weighted by Crippen LogP contribution is -2.08. The number of nitrogens with one attached hydrogen (secondary N) is 1. The van der Waals surface area contributed by atoms with Gasteiger partial charge < -0.3 is 15.8 Å². The van der Waals surface area contributed by atoms with Gasteiger partial charge in [0.1, 0.15) is 15.8 Å². The van der Waals surface area contributed by atoms with E-state index in [1.807, 2.05) is 25.3 Å². The van der Waals surface area contributed by atoms with Crippen LogP contribution in [0.15, 0.2) is 30.5 Å². The van der Waals surface area contributed by atoms with Crippen LogP contribution < -0.4 is 15.8 Å². The molecule has 3 N–H and O–H groups in total. The van der Waals surface area contributed by atoms with Gasteiger partial charge in [-0.05, 0) is 25.5 Å². The van der Waals surface area contributed by atoms with Crippen molar-refractivity contribution in [1.82, 2.24) is 25.1 Å². The third kappa shape index (κ3) is 4.05. The Morgan fingerprint density at radius 3 is 3.00 bits per heavy atom. The largest absolute Gasteiger partial charge is 0.477 e. The predicted molar refractivity (Wildman–Crippen MR) is 99.0 cm³/mol. The number of rotatable bonds is 7. The fraction of sp³-hybridized carbons (Fsp3) is 0.353. The molecule has 1 fully saturated rings. The molecule has 134 valence electrons. The number of nitrogens with zero attached hydrogens (tertiary/aromatic N) is 5. The molecule has 0 aliphatic heterocycles. The van der Waals surface area contributed by atoms with Crippen molar-refractivity contribution < 1.29 is 4.74 Å². The van der Waals surface area contributed by atoms with Crippen LogP contribution in [-0.2, 0) is 6.54 Å². The number of aryl methyl sites for hydroxylation is 1. The van der Waals surface area contributed by atoms with Crippen molar-refractivity contribution in [2.24, 2.45) is 5.92 Å². The first-order valence-electron chi connectivity index (χ1n) is 8.38. The van der Waals surface area contributed by atoms with E-state index in [0.29, 0.717) is 36.7 Å². The van der Waals surface area contributed by atoms with E-state index in [2.05, 4.69) is 36.5 Å². The number of pyridine rings is 1. The molecule has 1 saturated carbocycles. The average Bonchev–Trinajstić information content (AvgIpc) is 3.31. The van der Waals surface area contributed by atoms with Gasteiger partial charge in [0.2, 0.25) is 11.8 Å².